The number of aliphatic hydroxyl groups excluding tert-OH is 1. The zero-order valence-corrected chi connectivity index (χ0v) is 7.19. The zero-order chi connectivity index (χ0) is 9.68. The van der Waals surface area contributed by atoms with Crippen molar-refractivity contribution in [3.05, 3.63) is 29.7 Å². The van der Waals surface area contributed by atoms with Gasteiger partial charge in [-0.25, -0.2) is 4.79 Å². The van der Waals surface area contributed by atoms with E-state index in [0.29, 0.717) is 11.5 Å². The SMILES string of the molecule is COC(=O)C=Cc1ccc(CO)o1. The molecule has 0 atom stereocenters. The maximum atomic E-state index is 10.7. The summed E-state index contributed by atoms with van der Waals surface area (Å²) < 4.78 is 9.47. The van der Waals surface area contributed by atoms with Crippen LogP contribution in [0.4, 0.5) is 0 Å². The molecule has 0 spiro atoms. The molecule has 0 aliphatic heterocycles. The Morgan fingerprint density at radius 3 is 3.00 bits per heavy atom. The number of aliphatic hydroxyl groups is 1. The molecule has 70 valence electrons. The quantitative estimate of drug-likeness (QED) is 0.558. The predicted octanol–water partition coefficient (Wildman–Crippen LogP) is 0.958. The van der Waals surface area contributed by atoms with Crippen LogP contribution in [0.2, 0.25) is 0 Å². The fourth-order valence-corrected chi connectivity index (χ4v) is 0.787. The molecule has 0 bridgehead atoms. The number of ether oxygens (including phenoxy) is 1. The van der Waals surface area contributed by atoms with Crippen LogP contribution in [0.15, 0.2) is 22.6 Å². The summed E-state index contributed by atoms with van der Waals surface area (Å²) in [6, 6.07) is 3.29. The smallest absolute Gasteiger partial charge is 0.330 e. The highest BCUT2D eigenvalue weighted by Gasteiger charge is 1.97. The first-order chi connectivity index (χ1) is 6.26. The summed E-state index contributed by atoms with van der Waals surface area (Å²) in [5, 5.41) is 8.67. The Morgan fingerprint density at radius 2 is 2.46 bits per heavy atom. The van der Waals surface area contributed by atoms with E-state index in [9.17, 15) is 4.79 Å². The van der Waals surface area contributed by atoms with Gasteiger partial charge in [-0.2, -0.15) is 0 Å². The number of rotatable bonds is 3. The molecular formula is C9H10O4. The van der Waals surface area contributed by atoms with Gasteiger partial charge in [0.15, 0.2) is 0 Å². The van der Waals surface area contributed by atoms with Crippen molar-refractivity contribution in [3.8, 4) is 0 Å². The Hall–Kier alpha value is -1.55. The van der Waals surface area contributed by atoms with Gasteiger partial charge in [-0.15, -0.1) is 0 Å². The highest BCUT2D eigenvalue weighted by atomic mass is 16.5. The maximum absolute atomic E-state index is 10.7. The fraction of sp³-hybridized carbons (Fsp3) is 0.222. The second-order valence-electron chi connectivity index (χ2n) is 2.32. The van der Waals surface area contributed by atoms with Crippen LogP contribution < -0.4 is 0 Å². The van der Waals surface area contributed by atoms with Gasteiger partial charge in [-0.1, -0.05) is 0 Å². The molecule has 0 fully saturated rings. The Labute approximate surface area is 75.4 Å². The van der Waals surface area contributed by atoms with Gasteiger partial charge >= 0.3 is 5.97 Å². The van der Waals surface area contributed by atoms with Gasteiger partial charge < -0.3 is 14.3 Å². The van der Waals surface area contributed by atoms with Crippen LogP contribution >= 0.6 is 0 Å². The first kappa shape index (κ1) is 9.54. The van der Waals surface area contributed by atoms with E-state index < -0.39 is 5.97 Å². The van der Waals surface area contributed by atoms with Gasteiger partial charge in [0, 0.05) is 6.08 Å². The van der Waals surface area contributed by atoms with Gasteiger partial charge in [0.1, 0.15) is 18.1 Å². The van der Waals surface area contributed by atoms with E-state index in [-0.39, 0.29) is 6.61 Å². The van der Waals surface area contributed by atoms with Crippen molar-refractivity contribution in [2.75, 3.05) is 7.11 Å². The molecule has 0 aliphatic carbocycles. The molecule has 4 nitrogen and oxygen atoms in total. The molecule has 1 aromatic heterocycles. The fourth-order valence-electron chi connectivity index (χ4n) is 0.787. The molecule has 0 saturated carbocycles. The van der Waals surface area contributed by atoms with E-state index in [2.05, 4.69) is 4.74 Å². The van der Waals surface area contributed by atoms with E-state index in [4.69, 9.17) is 9.52 Å². The largest absolute Gasteiger partial charge is 0.466 e. The molecule has 1 aromatic rings. The van der Waals surface area contributed by atoms with E-state index >= 15 is 0 Å². The number of carbonyl (C=O) groups is 1. The summed E-state index contributed by atoms with van der Waals surface area (Å²) in [6.07, 6.45) is 2.73. The topological polar surface area (TPSA) is 59.7 Å². The van der Waals surface area contributed by atoms with Crippen molar-refractivity contribution < 1.29 is 19.1 Å². The molecule has 0 amide bonds. The molecule has 1 heterocycles. The number of hydrogen-bond donors (Lipinski definition) is 1. The summed E-state index contributed by atoms with van der Waals surface area (Å²) in [4.78, 5) is 10.7. The molecule has 0 aromatic carbocycles. The third-order valence-electron chi connectivity index (χ3n) is 1.42. The third kappa shape index (κ3) is 2.76. The van der Waals surface area contributed by atoms with Crippen molar-refractivity contribution in [1.82, 2.24) is 0 Å². The van der Waals surface area contributed by atoms with Crippen molar-refractivity contribution in [1.29, 1.82) is 0 Å². The lowest BCUT2D eigenvalue weighted by Crippen LogP contribution is -1.92. The van der Waals surface area contributed by atoms with Gasteiger partial charge in [0.05, 0.1) is 7.11 Å². The summed E-state index contributed by atoms with van der Waals surface area (Å²) in [5.74, 6) is 0.529. The van der Waals surface area contributed by atoms with Crippen LogP contribution in [0.5, 0.6) is 0 Å². The predicted molar refractivity (Wildman–Crippen MR) is 45.7 cm³/mol. The van der Waals surface area contributed by atoms with E-state index in [1.54, 1.807) is 12.1 Å². The van der Waals surface area contributed by atoms with Crippen molar-refractivity contribution in [3.63, 3.8) is 0 Å². The minimum absolute atomic E-state index is 0.147. The summed E-state index contributed by atoms with van der Waals surface area (Å²) in [7, 11) is 1.30. The van der Waals surface area contributed by atoms with Crippen LogP contribution in [0, 0.1) is 0 Å². The lowest BCUT2D eigenvalue weighted by atomic mass is 10.4. The second kappa shape index (κ2) is 4.47. The number of methoxy groups -OCH3 is 1. The Balaban J connectivity index is 2.63. The van der Waals surface area contributed by atoms with Crippen LogP contribution in [0.1, 0.15) is 11.5 Å². The summed E-state index contributed by atoms with van der Waals surface area (Å²) in [6.45, 7) is -0.147. The van der Waals surface area contributed by atoms with Crippen molar-refractivity contribution in [2.24, 2.45) is 0 Å². The van der Waals surface area contributed by atoms with E-state index in [1.165, 1.54) is 19.3 Å². The highest BCUT2D eigenvalue weighted by molar-refractivity contribution is 5.86. The standard InChI is InChI=1S/C9H10O4/c1-12-9(11)5-4-7-2-3-8(6-10)13-7/h2-5,10H,6H2,1H3. The zero-order valence-electron chi connectivity index (χ0n) is 7.19. The minimum Gasteiger partial charge on any atom is -0.466 e. The lowest BCUT2D eigenvalue weighted by molar-refractivity contribution is -0.134. The molecule has 4 heteroatoms. The molecule has 0 aliphatic rings. The summed E-state index contributed by atoms with van der Waals surface area (Å²) >= 11 is 0. The molecule has 13 heavy (non-hydrogen) atoms. The van der Waals surface area contributed by atoms with Gasteiger partial charge in [0.25, 0.3) is 0 Å². The average molecular weight is 182 g/mol. The molecule has 0 unspecified atom stereocenters. The van der Waals surface area contributed by atoms with Crippen molar-refractivity contribution >= 4 is 12.0 Å². The summed E-state index contributed by atoms with van der Waals surface area (Å²) in [5.41, 5.74) is 0. The number of carbonyl (C=O) groups excluding carboxylic acids is 1. The monoisotopic (exact) mass is 182 g/mol. The van der Waals surface area contributed by atoms with Crippen LogP contribution in [0.3, 0.4) is 0 Å². The molecular weight excluding hydrogens is 172 g/mol. The van der Waals surface area contributed by atoms with Gasteiger partial charge in [-0.05, 0) is 18.2 Å². The number of hydrogen-bond acceptors (Lipinski definition) is 4. The van der Waals surface area contributed by atoms with Gasteiger partial charge in [0.2, 0.25) is 0 Å². The Kier molecular flexibility index (Phi) is 3.28. The number of esters is 1. The molecule has 1 N–H and O–H groups in total. The normalized spacial score (nSPS) is 10.6. The van der Waals surface area contributed by atoms with Crippen LogP contribution in [0.25, 0.3) is 6.08 Å². The first-order valence-electron chi connectivity index (χ1n) is 3.72. The average Bonchev–Trinajstić information content (AvgIpc) is 2.61. The van der Waals surface area contributed by atoms with Crippen LogP contribution in [-0.4, -0.2) is 18.2 Å². The third-order valence-corrected chi connectivity index (χ3v) is 1.42. The molecule has 0 saturated heterocycles. The minimum atomic E-state index is -0.443. The Bertz CT molecular complexity index is 311. The maximum Gasteiger partial charge on any atom is 0.330 e. The van der Waals surface area contributed by atoms with Crippen LogP contribution in [-0.2, 0) is 16.1 Å². The van der Waals surface area contributed by atoms with Gasteiger partial charge in [-0.3, -0.25) is 0 Å². The highest BCUT2D eigenvalue weighted by Crippen LogP contribution is 2.09. The Morgan fingerprint density at radius 1 is 1.69 bits per heavy atom. The molecule has 1 rings (SSSR count). The first-order valence-corrected chi connectivity index (χ1v) is 3.72. The van der Waals surface area contributed by atoms with E-state index in [1.807, 2.05) is 0 Å². The van der Waals surface area contributed by atoms with E-state index in [0.717, 1.165) is 0 Å². The second-order valence-corrected chi connectivity index (χ2v) is 2.32. The number of furan rings is 1. The molecule has 0 radical (unpaired) electrons. The van der Waals surface area contributed by atoms with Crippen molar-refractivity contribution in [2.45, 2.75) is 6.61 Å². The lowest BCUT2D eigenvalue weighted by Gasteiger charge is -1.88.